The summed E-state index contributed by atoms with van der Waals surface area (Å²) in [7, 11) is 2.03. The van der Waals surface area contributed by atoms with E-state index in [1.807, 2.05) is 7.05 Å². The Morgan fingerprint density at radius 2 is 2.20 bits per heavy atom. The summed E-state index contributed by atoms with van der Waals surface area (Å²) in [4.78, 5) is 0. The third kappa shape index (κ3) is 2.14. The molecule has 0 saturated heterocycles. The van der Waals surface area contributed by atoms with Gasteiger partial charge in [0.25, 0.3) is 0 Å². The van der Waals surface area contributed by atoms with Crippen LogP contribution in [-0.4, -0.2) is 36.7 Å². The van der Waals surface area contributed by atoms with E-state index in [-0.39, 0.29) is 0 Å². The van der Waals surface area contributed by atoms with Gasteiger partial charge in [-0.3, -0.25) is 5.01 Å². The molecule has 0 radical (unpaired) electrons. The van der Waals surface area contributed by atoms with Gasteiger partial charge >= 0.3 is 0 Å². The standard InChI is InChI=1S/C11H22N4/c1-8(2)15-11-5-4-9(7-12-3)6-10(11)13-14-15/h8-12H,4-7H2,1-3H3. The Hall–Kier alpha value is -0.640. The van der Waals surface area contributed by atoms with E-state index in [1.165, 1.54) is 19.3 Å². The lowest BCUT2D eigenvalue weighted by molar-refractivity contribution is 0.129. The van der Waals surface area contributed by atoms with E-state index in [0.717, 1.165) is 12.5 Å². The van der Waals surface area contributed by atoms with Crippen molar-refractivity contribution in [1.82, 2.24) is 10.3 Å². The number of fused-ring (bicyclic) bond motifs is 1. The smallest absolute Gasteiger partial charge is 0.0952 e. The third-order valence-electron chi connectivity index (χ3n) is 3.55. The molecular weight excluding hydrogens is 188 g/mol. The second-order valence-electron chi connectivity index (χ2n) is 5.05. The van der Waals surface area contributed by atoms with Crippen LogP contribution in [0.5, 0.6) is 0 Å². The summed E-state index contributed by atoms with van der Waals surface area (Å²) in [5, 5.41) is 14.2. The summed E-state index contributed by atoms with van der Waals surface area (Å²) in [6.45, 7) is 5.52. The first-order valence-electron chi connectivity index (χ1n) is 6.06. The molecule has 15 heavy (non-hydrogen) atoms. The predicted molar refractivity (Wildman–Crippen MR) is 60.7 cm³/mol. The molecule has 0 aromatic carbocycles. The molecule has 0 aromatic heterocycles. The molecule has 1 fully saturated rings. The number of hydrogen-bond acceptors (Lipinski definition) is 4. The SMILES string of the molecule is CNCC1CCC2C(C1)N=NN2C(C)C. The first kappa shape index (κ1) is 10.9. The minimum Gasteiger partial charge on any atom is -0.319 e. The van der Waals surface area contributed by atoms with Crippen molar-refractivity contribution in [2.75, 3.05) is 13.6 Å². The van der Waals surface area contributed by atoms with Crippen molar-refractivity contribution in [3.63, 3.8) is 0 Å². The fraction of sp³-hybridized carbons (Fsp3) is 1.00. The molecule has 0 bridgehead atoms. The zero-order chi connectivity index (χ0) is 10.8. The highest BCUT2D eigenvalue weighted by Crippen LogP contribution is 2.34. The largest absolute Gasteiger partial charge is 0.319 e. The van der Waals surface area contributed by atoms with Crippen LogP contribution in [0.3, 0.4) is 0 Å². The predicted octanol–water partition coefficient (Wildman–Crippen LogP) is 1.83. The number of rotatable bonds is 3. The molecule has 1 aliphatic carbocycles. The van der Waals surface area contributed by atoms with Crippen LogP contribution in [0.2, 0.25) is 0 Å². The van der Waals surface area contributed by atoms with Crippen LogP contribution < -0.4 is 5.32 Å². The Kier molecular flexibility index (Phi) is 3.24. The van der Waals surface area contributed by atoms with Gasteiger partial charge in [-0.25, -0.2) is 0 Å². The molecule has 0 spiro atoms. The lowest BCUT2D eigenvalue weighted by atomic mass is 9.82. The van der Waals surface area contributed by atoms with Crippen molar-refractivity contribution in [2.24, 2.45) is 16.3 Å². The van der Waals surface area contributed by atoms with Gasteiger partial charge in [0.1, 0.15) is 0 Å². The second kappa shape index (κ2) is 4.47. The van der Waals surface area contributed by atoms with E-state index >= 15 is 0 Å². The number of hydrogen-bond donors (Lipinski definition) is 1. The Balaban J connectivity index is 1.93. The van der Waals surface area contributed by atoms with E-state index in [0.29, 0.717) is 18.1 Å². The topological polar surface area (TPSA) is 40.0 Å². The maximum Gasteiger partial charge on any atom is 0.0952 e. The molecule has 1 N–H and O–H groups in total. The highest BCUT2D eigenvalue weighted by Gasteiger charge is 2.38. The van der Waals surface area contributed by atoms with Crippen molar-refractivity contribution in [1.29, 1.82) is 0 Å². The molecule has 4 heteroatoms. The van der Waals surface area contributed by atoms with Crippen molar-refractivity contribution >= 4 is 0 Å². The van der Waals surface area contributed by atoms with E-state index in [9.17, 15) is 0 Å². The third-order valence-corrected chi connectivity index (χ3v) is 3.55. The van der Waals surface area contributed by atoms with Gasteiger partial charge in [0, 0.05) is 6.04 Å². The summed E-state index contributed by atoms with van der Waals surface area (Å²) >= 11 is 0. The van der Waals surface area contributed by atoms with Crippen LogP contribution in [0.4, 0.5) is 0 Å². The van der Waals surface area contributed by atoms with Crippen LogP contribution >= 0.6 is 0 Å². The Morgan fingerprint density at radius 3 is 2.87 bits per heavy atom. The first-order chi connectivity index (χ1) is 7.22. The van der Waals surface area contributed by atoms with E-state index in [1.54, 1.807) is 0 Å². The molecule has 2 rings (SSSR count). The first-order valence-corrected chi connectivity index (χ1v) is 6.06. The minimum atomic E-state index is 0.458. The van der Waals surface area contributed by atoms with Crippen LogP contribution in [0.15, 0.2) is 10.3 Å². The molecule has 1 aliphatic heterocycles. The van der Waals surface area contributed by atoms with Crippen molar-refractivity contribution < 1.29 is 0 Å². The highest BCUT2D eigenvalue weighted by atomic mass is 15.6. The Morgan fingerprint density at radius 1 is 1.40 bits per heavy atom. The molecular formula is C11H22N4. The molecule has 2 aliphatic rings. The fourth-order valence-corrected chi connectivity index (χ4v) is 2.80. The summed E-state index contributed by atoms with van der Waals surface area (Å²) in [5.41, 5.74) is 0. The molecule has 0 amide bonds. The summed E-state index contributed by atoms with van der Waals surface area (Å²) in [6.07, 6.45) is 3.77. The van der Waals surface area contributed by atoms with Crippen LogP contribution in [0.25, 0.3) is 0 Å². The van der Waals surface area contributed by atoms with Crippen LogP contribution in [-0.2, 0) is 0 Å². The van der Waals surface area contributed by atoms with E-state index < -0.39 is 0 Å². The summed E-state index contributed by atoms with van der Waals surface area (Å²) < 4.78 is 0. The number of nitrogens with one attached hydrogen (secondary N) is 1. The maximum absolute atomic E-state index is 4.42. The molecule has 86 valence electrons. The monoisotopic (exact) mass is 210 g/mol. The Labute approximate surface area is 92.1 Å². The van der Waals surface area contributed by atoms with Gasteiger partial charge in [0.15, 0.2) is 0 Å². The molecule has 0 aromatic rings. The average molecular weight is 210 g/mol. The minimum absolute atomic E-state index is 0.458. The van der Waals surface area contributed by atoms with E-state index in [2.05, 4.69) is 34.5 Å². The highest BCUT2D eigenvalue weighted by molar-refractivity contribution is 4.93. The van der Waals surface area contributed by atoms with Gasteiger partial charge in [-0.15, -0.1) is 0 Å². The van der Waals surface area contributed by atoms with Crippen LogP contribution in [0, 0.1) is 5.92 Å². The summed E-state index contributed by atoms with van der Waals surface area (Å²) in [6, 6.07) is 1.53. The van der Waals surface area contributed by atoms with Gasteiger partial charge < -0.3 is 5.32 Å². The molecule has 3 unspecified atom stereocenters. The zero-order valence-electron chi connectivity index (χ0n) is 9.98. The lowest BCUT2D eigenvalue weighted by Gasteiger charge is -2.35. The molecule has 1 saturated carbocycles. The quantitative estimate of drug-likeness (QED) is 0.772. The zero-order valence-corrected chi connectivity index (χ0v) is 9.98. The molecule has 1 heterocycles. The lowest BCUT2D eigenvalue weighted by Crippen LogP contribution is -2.43. The van der Waals surface area contributed by atoms with Crippen molar-refractivity contribution in [3.8, 4) is 0 Å². The van der Waals surface area contributed by atoms with Gasteiger partial charge in [-0.1, -0.05) is 5.22 Å². The maximum atomic E-state index is 4.42. The van der Waals surface area contributed by atoms with Crippen LogP contribution in [0.1, 0.15) is 33.1 Å². The fourth-order valence-electron chi connectivity index (χ4n) is 2.80. The Bertz CT molecular complexity index is 239. The molecule has 3 atom stereocenters. The van der Waals surface area contributed by atoms with Gasteiger partial charge in [-0.05, 0) is 52.6 Å². The second-order valence-corrected chi connectivity index (χ2v) is 5.05. The van der Waals surface area contributed by atoms with E-state index in [4.69, 9.17) is 0 Å². The van der Waals surface area contributed by atoms with Crippen molar-refractivity contribution in [3.05, 3.63) is 0 Å². The van der Waals surface area contributed by atoms with Crippen molar-refractivity contribution in [2.45, 2.75) is 51.2 Å². The molecule has 4 nitrogen and oxygen atoms in total. The average Bonchev–Trinajstić information content (AvgIpc) is 2.61. The van der Waals surface area contributed by atoms with Gasteiger partial charge in [0.05, 0.1) is 12.1 Å². The van der Waals surface area contributed by atoms with Gasteiger partial charge in [0.2, 0.25) is 0 Å². The normalized spacial score (nSPS) is 34.9. The number of nitrogens with zero attached hydrogens (tertiary/aromatic N) is 3. The summed E-state index contributed by atoms with van der Waals surface area (Å²) in [5.74, 6) is 0.794. The van der Waals surface area contributed by atoms with Gasteiger partial charge in [-0.2, -0.15) is 5.11 Å².